The average Bonchev–Trinajstić information content (AvgIpc) is 2.85. The van der Waals surface area contributed by atoms with Crippen LogP contribution in [0.25, 0.3) is 0 Å². The number of sulfonamides is 1. The molecule has 0 N–H and O–H groups in total. The molecular weight excluding hydrogens is 328 g/mol. The molecule has 4 nitrogen and oxygen atoms in total. The molecule has 2 rings (SSSR count). The zero-order valence-electron chi connectivity index (χ0n) is 11.9. The summed E-state index contributed by atoms with van der Waals surface area (Å²) in [6, 6.07) is 8.99. The maximum absolute atomic E-state index is 12.7. The molecule has 1 heterocycles. The molecule has 0 aliphatic rings. The van der Waals surface area contributed by atoms with Crippen LogP contribution in [0.5, 0.6) is 0 Å². The highest BCUT2D eigenvalue weighted by Gasteiger charge is 2.28. The second-order valence-corrected chi connectivity index (χ2v) is 7.92. The number of para-hydroxylation sites is 1. The highest BCUT2D eigenvalue weighted by Crippen LogP contribution is 2.32. The van der Waals surface area contributed by atoms with E-state index in [0.29, 0.717) is 16.7 Å². The maximum Gasteiger partial charge on any atom is 0.241 e. The van der Waals surface area contributed by atoms with Gasteiger partial charge in [0.2, 0.25) is 15.2 Å². The number of halogens is 1. The number of hydrogen-bond acceptors (Lipinski definition) is 4. The van der Waals surface area contributed by atoms with Crippen LogP contribution >= 0.6 is 22.9 Å². The zero-order chi connectivity index (χ0) is 15.5. The van der Waals surface area contributed by atoms with Crippen LogP contribution in [-0.2, 0) is 10.0 Å². The molecule has 0 aliphatic carbocycles. The molecule has 0 fully saturated rings. The summed E-state index contributed by atoms with van der Waals surface area (Å²) in [6.45, 7) is 3.66. The first-order valence-electron chi connectivity index (χ1n) is 6.50. The summed E-state index contributed by atoms with van der Waals surface area (Å²) in [7, 11) is -3.53. The van der Waals surface area contributed by atoms with E-state index in [1.807, 2.05) is 37.4 Å². The van der Waals surface area contributed by atoms with Gasteiger partial charge in [-0.2, -0.15) is 0 Å². The number of rotatable bonds is 6. The molecule has 1 aromatic carbocycles. The van der Waals surface area contributed by atoms with Crippen molar-refractivity contribution in [3.8, 4) is 0 Å². The van der Waals surface area contributed by atoms with Crippen molar-refractivity contribution in [2.75, 3.05) is 15.9 Å². The van der Waals surface area contributed by atoms with Crippen molar-refractivity contribution < 1.29 is 8.42 Å². The molecule has 0 bridgehead atoms. The number of aryl methyl sites for hydroxylation is 1. The maximum atomic E-state index is 12.7. The van der Waals surface area contributed by atoms with Gasteiger partial charge in [-0.15, -0.1) is 22.9 Å². The van der Waals surface area contributed by atoms with Gasteiger partial charge in [-0.05, 0) is 25.0 Å². The first-order chi connectivity index (χ1) is 9.94. The summed E-state index contributed by atoms with van der Waals surface area (Å²) >= 11 is 7.08. The lowest BCUT2D eigenvalue weighted by molar-refractivity contribution is 0.583. The minimum absolute atomic E-state index is 0.00990. The van der Waals surface area contributed by atoms with Gasteiger partial charge >= 0.3 is 0 Å². The Labute approximate surface area is 134 Å². The molecule has 0 saturated carbocycles. The fourth-order valence-electron chi connectivity index (χ4n) is 1.87. The quantitative estimate of drug-likeness (QED) is 0.749. The van der Waals surface area contributed by atoms with Gasteiger partial charge < -0.3 is 0 Å². The van der Waals surface area contributed by atoms with Crippen LogP contribution in [0.2, 0.25) is 0 Å². The second kappa shape index (κ2) is 6.77. The van der Waals surface area contributed by atoms with E-state index in [-0.39, 0.29) is 11.7 Å². The van der Waals surface area contributed by atoms with Crippen molar-refractivity contribution >= 4 is 43.8 Å². The highest BCUT2D eigenvalue weighted by molar-refractivity contribution is 7.93. The molecule has 114 valence electrons. The summed E-state index contributed by atoms with van der Waals surface area (Å²) in [5.74, 6) is 0.173. The van der Waals surface area contributed by atoms with Crippen LogP contribution in [0.1, 0.15) is 12.6 Å². The van der Waals surface area contributed by atoms with E-state index in [1.165, 1.54) is 15.6 Å². The standard InChI is InChI=1S/C14H17ClN2O2S2/c1-11(8-15)10-21(18,19)17(13-6-4-3-5-7-13)14-16-12(2)9-20-14/h3-7,9,11H,8,10H2,1-2H3. The topological polar surface area (TPSA) is 50.3 Å². The van der Waals surface area contributed by atoms with Crippen LogP contribution in [0.4, 0.5) is 10.8 Å². The SMILES string of the molecule is Cc1csc(N(c2ccccc2)S(=O)(=O)CC(C)CCl)n1. The van der Waals surface area contributed by atoms with Gasteiger partial charge in [0.05, 0.1) is 17.1 Å². The Balaban J connectivity index is 2.46. The summed E-state index contributed by atoms with van der Waals surface area (Å²) in [5, 5.41) is 2.30. The number of alkyl halides is 1. The van der Waals surface area contributed by atoms with Crippen molar-refractivity contribution in [2.45, 2.75) is 13.8 Å². The Kier molecular flexibility index (Phi) is 5.24. The number of thiazole rings is 1. The van der Waals surface area contributed by atoms with Crippen molar-refractivity contribution in [2.24, 2.45) is 5.92 Å². The third-order valence-corrected chi connectivity index (χ3v) is 6.32. The molecule has 7 heteroatoms. The summed E-state index contributed by atoms with van der Waals surface area (Å²) in [5.41, 5.74) is 1.39. The largest absolute Gasteiger partial charge is 0.241 e. The van der Waals surface area contributed by atoms with E-state index in [9.17, 15) is 8.42 Å². The minimum Gasteiger partial charge on any atom is -0.224 e. The van der Waals surface area contributed by atoms with Gasteiger partial charge in [0.25, 0.3) is 0 Å². The Bertz CT molecular complexity index is 686. The minimum atomic E-state index is -3.53. The third-order valence-electron chi connectivity index (χ3n) is 2.81. The van der Waals surface area contributed by atoms with Crippen molar-refractivity contribution in [1.29, 1.82) is 0 Å². The third kappa shape index (κ3) is 3.96. The van der Waals surface area contributed by atoms with Crippen molar-refractivity contribution in [1.82, 2.24) is 4.98 Å². The Hall–Kier alpha value is -1.11. The van der Waals surface area contributed by atoms with E-state index in [1.54, 1.807) is 12.1 Å². The van der Waals surface area contributed by atoms with Crippen molar-refractivity contribution in [3.05, 3.63) is 41.4 Å². The Morgan fingerprint density at radius 1 is 1.33 bits per heavy atom. The van der Waals surface area contributed by atoms with Crippen LogP contribution in [0.15, 0.2) is 35.7 Å². The van der Waals surface area contributed by atoms with Gasteiger partial charge in [-0.3, -0.25) is 0 Å². The van der Waals surface area contributed by atoms with Gasteiger partial charge in [-0.25, -0.2) is 17.7 Å². The van der Waals surface area contributed by atoms with Crippen molar-refractivity contribution in [3.63, 3.8) is 0 Å². The van der Waals surface area contributed by atoms with E-state index >= 15 is 0 Å². The fraction of sp³-hybridized carbons (Fsp3) is 0.357. The van der Waals surface area contributed by atoms with Gasteiger partial charge in [-0.1, -0.05) is 25.1 Å². The van der Waals surface area contributed by atoms with Crippen LogP contribution in [-0.4, -0.2) is 25.0 Å². The number of benzene rings is 1. The molecule has 0 aliphatic heterocycles. The van der Waals surface area contributed by atoms with Crippen LogP contribution in [0.3, 0.4) is 0 Å². The lowest BCUT2D eigenvalue weighted by Gasteiger charge is -2.23. The normalized spacial score (nSPS) is 13.1. The van der Waals surface area contributed by atoms with E-state index in [4.69, 9.17) is 11.6 Å². The number of anilines is 2. The molecule has 1 aromatic heterocycles. The molecule has 1 unspecified atom stereocenters. The van der Waals surface area contributed by atoms with Crippen LogP contribution in [0, 0.1) is 12.8 Å². The molecule has 0 spiro atoms. The first-order valence-corrected chi connectivity index (χ1v) is 9.52. The monoisotopic (exact) mass is 344 g/mol. The predicted octanol–water partition coefficient (Wildman–Crippen LogP) is 3.79. The Morgan fingerprint density at radius 2 is 2.00 bits per heavy atom. The smallest absolute Gasteiger partial charge is 0.224 e. The number of aromatic nitrogens is 1. The van der Waals surface area contributed by atoms with E-state index in [0.717, 1.165) is 5.69 Å². The molecular formula is C14H17ClN2O2S2. The second-order valence-electron chi connectivity index (χ2n) is 4.91. The van der Waals surface area contributed by atoms with Crippen LogP contribution < -0.4 is 4.31 Å². The number of nitrogens with zero attached hydrogens (tertiary/aromatic N) is 2. The van der Waals surface area contributed by atoms with Gasteiger partial charge in [0, 0.05) is 11.3 Å². The highest BCUT2D eigenvalue weighted by atomic mass is 35.5. The molecule has 0 saturated heterocycles. The van der Waals surface area contributed by atoms with Gasteiger partial charge in [0.15, 0.2) is 0 Å². The number of hydrogen-bond donors (Lipinski definition) is 0. The van der Waals surface area contributed by atoms with E-state index in [2.05, 4.69) is 4.98 Å². The molecule has 0 radical (unpaired) electrons. The average molecular weight is 345 g/mol. The Morgan fingerprint density at radius 3 is 2.52 bits per heavy atom. The summed E-state index contributed by atoms with van der Waals surface area (Å²) < 4.78 is 26.8. The molecule has 1 atom stereocenters. The fourth-order valence-corrected chi connectivity index (χ4v) is 5.01. The zero-order valence-corrected chi connectivity index (χ0v) is 14.2. The van der Waals surface area contributed by atoms with Gasteiger partial charge in [0.1, 0.15) is 0 Å². The van der Waals surface area contributed by atoms with E-state index < -0.39 is 10.0 Å². The first kappa shape index (κ1) is 16.3. The molecule has 0 amide bonds. The summed E-state index contributed by atoms with van der Waals surface area (Å²) in [6.07, 6.45) is 0. The summed E-state index contributed by atoms with van der Waals surface area (Å²) in [4.78, 5) is 4.32. The molecule has 2 aromatic rings. The lowest BCUT2D eigenvalue weighted by atomic mass is 10.3. The lowest BCUT2D eigenvalue weighted by Crippen LogP contribution is -2.31. The molecule has 21 heavy (non-hydrogen) atoms. The predicted molar refractivity (Wildman–Crippen MR) is 89.1 cm³/mol.